The molecule has 0 radical (unpaired) electrons. The number of hydrogen-bond donors (Lipinski definition) is 1. The SMILES string of the molecule is O=c1[nH]c(CN2CCC[C@@H](C(F)(F)F)C2)nc2ccsc12. The number of thiophene rings is 1. The van der Waals surface area contributed by atoms with E-state index in [1.807, 2.05) is 0 Å². The van der Waals surface area contributed by atoms with Crippen LogP contribution in [0.1, 0.15) is 18.7 Å². The number of alkyl halides is 3. The molecule has 2 aromatic heterocycles. The summed E-state index contributed by atoms with van der Waals surface area (Å²) in [5, 5.41) is 1.78. The Morgan fingerprint density at radius 2 is 2.29 bits per heavy atom. The molecule has 3 rings (SSSR count). The lowest BCUT2D eigenvalue weighted by atomic mass is 9.97. The van der Waals surface area contributed by atoms with Crippen LogP contribution >= 0.6 is 11.3 Å². The third-order valence-corrected chi connectivity index (χ3v) is 4.61. The smallest absolute Gasteiger partial charge is 0.308 e. The van der Waals surface area contributed by atoms with Crippen LogP contribution in [0.5, 0.6) is 0 Å². The van der Waals surface area contributed by atoms with E-state index in [1.54, 1.807) is 16.3 Å². The molecule has 1 saturated heterocycles. The van der Waals surface area contributed by atoms with Gasteiger partial charge in [0.25, 0.3) is 5.56 Å². The van der Waals surface area contributed by atoms with Gasteiger partial charge in [-0.2, -0.15) is 13.2 Å². The van der Waals surface area contributed by atoms with E-state index >= 15 is 0 Å². The summed E-state index contributed by atoms with van der Waals surface area (Å²) in [5.41, 5.74) is 0.373. The highest BCUT2D eigenvalue weighted by Crippen LogP contribution is 2.33. The lowest BCUT2D eigenvalue weighted by molar-refractivity contribution is -0.187. The second-order valence-corrected chi connectivity index (χ2v) is 6.18. The molecule has 0 aliphatic carbocycles. The lowest BCUT2D eigenvalue weighted by Crippen LogP contribution is -2.41. The number of likely N-dealkylation sites (tertiary alicyclic amines) is 1. The van der Waals surface area contributed by atoms with Crippen molar-refractivity contribution in [3.05, 3.63) is 27.6 Å². The Bertz CT molecular complexity index is 694. The maximum Gasteiger partial charge on any atom is 0.393 e. The largest absolute Gasteiger partial charge is 0.393 e. The highest BCUT2D eigenvalue weighted by Gasteiger charge is 2.41. The summed E-state index contributed by atoms with van der Waals surface area (Å²) in [6.07, 6.45) is -3.47. The lowest BCUT2D eigenvalue weighted by Gasteiger charge is -2.33. The van der Waals surface area contributed by atoms with Crippen molar-refractivity contribution < 1.29 is 13.2 Å². The molecule has 1 fully saturated rings. The average molecular weight is 317 g/mol. The molecule has 114 valence electrons. The molecular formula is C13H14F3N3OS. The van der Waals surface area contributed by atoms with Crippen LogP contribution < -0.4 is 5.56 Å². The van der Waals surface area contributed by atoms with Crippen molar-refractivity contribution >= 4 is 21.6 Å². The molecule has 0 bridgehead atoms. The third kappa shape index (κ3) is 3.11. The quantitative estimate of drug-likeness (QED) is 0.926. The zero-order valence-corrected chi connectivity index (χ0v) is 11.9. The Balaban J connectivity index is 1.77. The first kappa shape index (κ1) is 14.5. The van der Waals surface area contributed by atoms with Gasteiger partial charge in [-0.1, -0.05) is 0 Å². The Kier molecular flexibility index (Phi) is 3.75. The van der Waals surface area contributed by atoms with Gasteiger partial charge in [0, 0.05) is 6.54 Å². The van der Waals surface area contributed by atoms with Crippen molar-refractivity contribution in [2.75, 3.05) is 13.1 Å². The maximum atomic E-state index is 12.8. The van der Waals surface area contributed by atoms with E-state index in [0.29, 0.717) is 29.0 Å². The van der Waals surface area contributed by atoms with Crippen LogP contribution in [0.25, 0.3) is 10.2 Å². The number of hydrogen-bond acceptors (Lipinski definition) is 4. The molecule has 1 atom stereocenters. The van der Waals surface area contributed by atoms with E-state index in [-0.39, 0.29) is 25.1 Å². The molecule has 21 heavy (non-hydrogen) atoms. The van der Waals surface area contributed by atoms with Crippen molar-refractivity contribution in [2.45, 2.75) is 25.6 Å². The standard InChI is InChI=1S/C13H14F3N3OS/c14-13(15,16)8-2-1-4-19(6-8)7-10-17-9-3-5-21-11(9)12(20)18-10/h3,5,8H,1-2,4,6-7H2,(H,17,18,20)/t8-/m1/s1. The summed E-state index contributed by atoms with van der Waals surface area (Å²) in [4.78, 5) is 20.5. The monoisotopic (exact) mass is 317 g/mol. The molecule has 0 amide bonds. The van der Waals surface area contributed by atoms with Crippen molar-refractivity contribution in [3.63, 3.8) is 0 Å². The summed E-state index contributed by atoms with van der Waals surface area (Å²) in [5.74, 6) is -0.864. The molecule has 1 aliphatic heterocycles. The van der Waals surface area contributed by atoms with Gasteiger partial charge in [-0.3, -0.25) is 9.69 Å². The van der Waals surface area contributed by atoms with Gasteiger partial charge in [0.15, 0.2) is 0 Å². The molecule has 1 N–H and O–H groups in total. The molecule has 0 aromatic carbocycles. The molecular weight excluding hydrogens is 303 g/mol. The maximum absolute atomic E-state index is 12.8. The highest BCUT2D eigenvalue weighted by molar-refractivity contribution is 7.17. The second kappa shape index (κ2) is 5.42. The van der Waals surface area contributed by atoms with Crippen molar-refractivity contribution in [1.29, 1.82) is 0 Å². The van der Waals surface area contributed by atoms with Gasteiger partial charge < -0.3 is 4.98 Å². The molecule has 0 spiro atoms. The predicted molar refractivity (Wildman–Crippen MR) is 74.3 cm³/mol. The molecule has 0 saturated carbocycles. The number of aromatic nitrogens is 2. The number of fused-ring (bicyclic) bond motifs is 1. The summed E-state index contributed by atoms with van der Waals surface area (Å²) in [6.45, 7) is 0.806. The minimum absolute atomic E-state index is 0.0329. The Labute approximate surface area is 122 Å². The summed E-state index contributed by atoms with van der Waals surface area (Å²) >= 11 is 1.30. The minimum atomic E-state index is -4.16. The van der Waals surface area contributed by atoms with E-state index in [1.165, 1.54) is 11.3 Å². The summed E-state index contributed by atoms with van der Waals surface area (Å²) < 4.78 is 38.9. The van der Waals surface area contributed by atoms with Gasteiger partial charge in [0.1, 0.15) is 10.5 Å². The van der Waals surface area contributed by atoms with Crippen molar-refractivity contribution in [1.82, 2.24) is 14.9 Å². The summed E-state index contributed by atoms with van der Waals surface area (Å²) in [7, 11) is 0. The van der Waals surface area contributed by atoms with Crippen molar-refractivity contribution in [3.8, 4) is 0 Å². The number of nitrogens with zero attached hydrogens (tertiary/aromatic N) is 2. The van der Waals surface area contributed by atoms with E-state index in [4.69, 9.17) is 0 Å². The fraction of sp³-hybridized carbons (Fsp3) is 0.538. The first-order valence-corrected chi connectivity index (χ1v) is 7.57. The zero-order chi connectivity index (χ0) is 15.0. The van der Waals surface area contributed by atoms with E-state index in [9.17, 15) is 18.0 Å². The van der Waals surface area contributed by atoms with Crippen LogP contribution in [-0.4, -0.2) is 34.1 Å². The van der Waals surface area contributed by atoms with Gasteiger partial charge in [-0.05, 0) is 30.8 Å². The average Bonchev–Trinajstić information content (AvgIpc) is 2.87. The Morgan fingerprint density at radius 1 is 1.48 bits per heavy atom. The number of halogens is 3. The van der Waals surface area contributed by atoms with Crippen LogP contribution in [0.3, 0.4) is 0 Å². The number of aromatic amines is 1. The van der Waals surface area contributed by atoms with Crippen LogP contribution in [0.15, 0.2) is 16.2 Å². The molecule has 2 aromatic rings. The number of rotatable bonds is 2. The van der Waals surface area contributed by atoms with Crippen molar-refractivity contribution in [2.24, 2.45) is 5.92 Å². The number of nitrogens with one attached hydrogen (secondary N) is 1. The second-order valence-electron chi connectivity index (χ2n) is 5.26. The van der Waals surface area contributed by atoms with E-state index in [0.717, 1.165) is 0 Å². The normalized spacial score (nSPS) is 21.0. The van der Waals surface area contributed by atoms with Gasteiger partial charge in [-0.25, -0.2) is 4.98 Å². The van der Waals surface area contributed by atoms with Gasteiger partial charge in [0.05, 0.1) is 18.0 Å². The fourth-order valence-corrected chi connectivity index (χ4v) is 3.40. The molecule has 3 heterocycles. The molecule has 4 nitrogen and oxygen atoms in total. The topological polar surface area (TPSA) is 49.0 Å². The molecule has 1 aliphatic rings. The number of H-pyrrole nitrogens is 1. The third-order valence-electron chi connectivity index (χ3n) is 3.71. The van der Waals surface area contributed by atoms with Gasteiger partial charge in [-0.15, -0.1) is 11.3 Å². The first-order valence-electron chi connectivity index (χ1n) is 6.69. The summed E-state index contributed by atoms with van der Waals surface area (Å²) in [6, 6.07) is 1.74. The highest BCUT2D eigenvalue weighted by atomic mass is 32.1. The fourth-order valence-electron chi connectivity index (χ4n) is 2.67. The molecule has 8 heteroatoms. The van der Waals surface area contributed by atoms with E-state index < -0.39 is 12.1 Å². The van der Waals surface area contributed by atoms with Gasteiger partial charge in [0.2, 0.25) is 0 Å². The van der Waals surface area contributed by atoms with Gasteiger partial charge >= 0.3 is 6.18 Å². The minimum Gasteiger partial charge on any atom is -0.308 e. The number of piperidine rings is 1. The molecule has 0 unspecified atom stereocenters. The first-order chi connectivity index (χ1) is 9.93. The van der Waals surface area contributed by atoms with Crippen LogP contribution in [0.4, 0.5) is 13.2 Å². The zero-order valence-electron chi connectivity index (χ0n) is 11.1. The Morgan fingerprint density at radius 3 is 3.05 bits per heavy atom. The van der Waals surface area contributed by atoms with Crippen LogP contribution in [0.2, 0.25) is 0 Å². The predicted octanol–water partition coefficient (Wildman–Crippen LogP) is 2.76. The Hall–Kier alpha value is -1.41. The van der Waals surface area contributed by atoms with Crippen LogP contribution in [-0.2, 0) is 6.54 Å². The van der Waals surface area contributed by atoms with E-state index in [2.05, 4.69) is 9.97 Å². The van der Waals surface area contributed by atoms with Crippen LogP contribution in [0, 0.1) is 5.92 Å².